The van der Waals surface area contributed by atoms with Crippen LogP contribution >= 0.6 is 0 Å². The molecule has 1 rings (SSSR count). The molecule has 52 valence electrons. The van der Waals surface area contributed by atoms with Gasteiger partial charge >= 0.3 is 0 Å². The number of nitrogen functional groups attached to an aromatic ring is 2. The molecule has 0 bridgehead atoms. The summed E-state index contributed by atoms with van der Waals surface area (Å²) in [5.41, 5.74) is 19.0. The summed E-state index contributed by atoms with van der Waals surface area (Å²) in [7, 11) is 0. The third-order valence-corrected chi connectivity index (χ3v) is 1.17. The number of nitrogens with one attached hydrogen (secondary N) is 1. The molecule has 0 atom stereocenters. The molecule has 0 aliphatic rings. The smallest absolute Gasteiger partial charge is 0.108 e. The fourth-order valence-corrected chi connectivity index (χ4v) is 0.675. The Bertz CT molecular complexity index is 256. The highest BCUT2D eigenvalue weighted by Gasteiger charge is 1.94. The first-order valence-corrected chi connectivity index (χ1v) is 2.76. The Morgan fingerprint density at radius 1 is 1.30 bits per heavy atom. The van der Waals surface area contributed by atoms with Crippen molar-refractivity contribution in [3.63, 3.8) is 0 Å². The molecular weight excluding hydrogens is 128 g/mol. The zero-order chi connectivity index (χ0) is 7.56. The molecule has 10 heavy (non-hydrogen) atoms. The van der Waals surface area contributed by atoms with Crippen molar-refractivity contribution < 1.29 is 0 Å². The van der Waals surface area contributed by atoms with Crippen molar-refractivity contribution >= 4 is 17.1 Å². The van der Waals surface area contributed by atoms with Crippen LogP contribution in [0.25, 0.3) is 0 Å². The van der Waals surface area contributed by atoms with Crippen LogP contribution in [-0.2, 0) is 0 Å². The van der Waals surface area contributed by atoms with Gasteiger partial charge in [-0.05, 0) is 18.2 Å². The topological polar surface area (TPSA) is 88.2 Å². The number of hydrogen-bond acceptors (Lipinski definition) is 4. The van der Waals surface area contributed by atoms with E-state index in [4.69, 9.17) is 17.0 Å². The molecule has 0 heterocycles. The summed E-state index contributed by atoms with van der Waals surface area (Å²) in [6.07, 6.45) is 0. The quantitative estimate of drug-likeness (QED) is 0.403. The van der Waals surface area contributed by atoms with Crippen LogP contribution in [0.3, 0.4) is 0 Å². The molecule has 0 fully saturated rings. The summed E-state index contributed by atoms with van der Waals surface area (Å²) >= 11 is 0. The lowest BCUT2D eigenvalue weighted by molar-refractivity contribution is 1.15. The largest absolute Gasteiger partial charge is 0.399 e. The molecule has 0 aliphatic heterocycles. The minimum atomic E-state index is 0.440. The van der Waals surface area contributed by atoms with Gasteiger partial charge in [-0.2, -0.15) is 5.11 Å². The SMILES string of the molecule is N=Nc1ccc(N)cc1N. The van der Waals surface area contributed by atoms with Crippen LogP contribution in [0.4, 0.5) is 17.1 Å². The fraction of sp³-hybridized carbons (Fsp3) is 0. The molecule has 0 aliphatic carbocycles. The second-order valence-corrected chi connectivity index (χ2v) is 1.93. The van der Waals surface area contributed by atoms with Crippen molar-refractivity contribution in [1.29, 1.82) is 5.53 Å². The molecule has 0 aromatic heterocycles. The van der Waals surface area contributed by atoms with E-state index in [1.807, 2.05) is 0 Å². The van der Waals surface area contributed by atoms with Gasteiger partial charge in [-0.1, -0.05) is 0 Å². The molecule has 0 saturated carbocycles. The molecule has 0 unspecified atom stereocenters. The Labute approximate surface area is 58.3 Å². The average Bonchev–Trinajstić information content (AvgIpc) is 1.88. The normalized spacial score (nSPS) is 9.20. The first-order valence-electron chi connectivity index (χ1n) is 2.76. The predicted octanol–water partition coefficient (Wildman–Crippen LogP) is 1.51. The second kappa shape index (κ2) is 2.34. The predicted molar refractivity (Wildman–Crippen MR) is 40.1 cm³/mol. The van der Waals surface area contributed by atoms with E-state index in [2.05, 4.69) is 5.11 Å². The third kappa shape index (κ3) is 1.05. The first kappa shape index (κ1) is 6.54. The van der Waals surface area contributed by atoms with Crippen molar-refractivity contribution in [2.24, 2.45) is 5.11 Å². The third-order valence-electron chi connectivity index (χ3n) is 1.17. The summed E-state index contributed by atoms with van der Waals surface area (Å²) in [6, 6.07) is 4.84. The summed E-state index contributed by atoms with van der Waals surface area (Å²) in [5, 5.41) is 3.18. The Morgan fingerprint density at radius 2 is 2.00 bits per heavy atom. The van der Waals surface area contributed by atoms with Gasteiger partial charge in [-0.3, -0.25) is 0 Å². The monoisotopic (exact) mass is 136 g/mol. The highest BCUT2D eigenvalue weighted by molar-refractivity contribution is 5.67. The summed E-state index contributed by atoms with van der Waals surface area (Å²) in [4.78, 5) is 0. The molecule has 5 N–H and O–H groups in total. The Hall–Kier alpha value is -1.58. The fourth-order valence-electron chi connectivity index (χ4n) is 0.675. The molecule has 1 aromatic carbocycles. The van der Waals surface area contributed by atoms with Gasteiger partial charge in [0.15, 0.2) is 0 Å². The number of nitrogens with zero attached hydrogens (tertiary/aromatic N) is 1. The molecule has 0 radical (unpaired) electrons. The number of rotatable bonds is 1. The van der Waals surface area contributed by atoms with Crippen LogP contribution in [0, 0.1) is 5.53 Å². The highest BCUT2D eigenvalue weighted by atomic mass is 15.0. The van der Waals surface area contributed by atoms with Crippen molar-refractivity contribution in [2.45, 2.75) is 0 Å². The maximum Gasteiger partial charge on any atom is 0.108 e. The van der Waals surface area contributed by atoms with Gasteiger partial charge in [0, 0.05) is 5.69 Å². The number of hydrogen-bond donors (Lipinski definition) is 3. The van der Waals surface area contributed by atoms with Gasteiger partial charge in [0.2, 0.25) is 0 Å². The lowest BCUT2D eigenvalue weighted by Gasteiger charge is -1.97. The minimum absolute atomic E-state index is 0.440. The molecule has 4 nitrogen and oxygen atoms in total. The van der Waals surface area contributed by atoms with E-state index in [0.717, 1.165) is 0 Å². The number of anilines is 2. The molecular formula is C6H8N4. The Kier molecular flexibility index (Phi) is 1.53. The molecule has 0 amide bonds. The minimum Gasteiger partial charge on any atom is -0.399 e. The van der Waals surface area contributed by atoms with E-state index in [9.17, 15) is 0 Å². The second-order valence-electron chi connectivity index (χ2n) is 1.93. The van der Waals surface area contributed by atoms with Gasteiger partial charge in [0.1, 0.15) is 5.69 Å². The lowest BCUT2D eigenvalue weighted by Crippen LogP contribution is -1.88. The summed E-state index contributed by atoms with van der Waals surface area (Å²) in [5.74, 6) is 0. The van der Waals surface area contributed by atoms with Crippen LogP contribution < -0.4 is 11.5 Å². The maximum atomic E-state index is 6.66. The zero-order valence-electron chi connectivity index (χ0n) is 5.33. The van der Waals surface area contributed by atoms with E-state index in [0.29, 0.717) is 17.1 Å². The van der Waals surface area contributed by atoms with E-state index in [1.165, 1.54) is 0 Å². The Balaban J connectivity index is 3.19. The zero-order valence-corrected chi connectivity index (χ0v) is 5.33. The van der Waals surface area contributed by atoms with E-state index < -0.39 is 0 Å². The van der Waals surface area contributed by atoms with E-state index >= 15 is 0 Å². The summed E-state index contributed by atoms with van der Waals surface area (Å²) in [6.45, 7) is 0. The van der Waals surface area contributed by atoms with Crippen LogP contribution in [0.5, 0.6) is 0 Å². The van der Waals surface area contributed by atoms with Gasteiger partial charge in [-0.15, -0.1) is 0 Å². The average molecular weight is 136 g/mol. The van der Waals surface area contributed by atoms with E-state index in [-0.39, 0.29) is 0 Å². The standard InChI is InChI=1S/C6H8N4/c7-4-1-2-6(10-9)5(8)3-4/h1-3,9H,7-8H2. The van der Waals surface area contributed by atoms with Crippen LogP contribution in [-0.4, -0.2) is 0 Å². The lowest BCUT2D eigenvalue weighted by atomic mass is 10.2. The van der Waals surface area contributed by atoms with Gasteiger partial charge < -0.3 is 11.5 Å². The molecule has 1 aromatic rings. The number of benzene rings is 1. The Morgan fingerprint density at radius 3 is 2.50 bits per heavy atom. The van der Waals surface area contributed by atoms with Crippen molar-refractivity contribution in [1.82, 2.24) is 0 Å². The van der Waals surface area contributed by atoms with Gasteiger partial charge in [0.05, 0.1) is 5.69 Å². The van der Waals surface area contributed by atoms with Crippen molar-refractivity contribution in [2.75, 3.05) is 11.5 Å². The van der Waals surface area contributed by atoms with Crippen LogP contribution in [0.15, 0.2) is 23.3 Å². The van der Waals surface area contributed by atoms with Gasteiger partial charge in [-0.25, -0.2) is 5.53 Å². The number of nitrogens with two attached hydrogens (primary N) is 2. The highest BCUT2D eigenvalue weighted by Crippen LogP contribution is 2.23. The summed E-state index contributed by atoms with van der Waals surface area (Å²) < 4.78 is 0. The van der Waals surface area contributed by atoms with Crippen molar-refractivity contribution in [3.05, 3.63) is 18.2 Å². The first-order chi connectivity index (χ1) is 4.74. The molecule has 0 saturated heterocycles. The van der Waals surface area contributed by atoms with E-state index in [1.54, 1.807) is 18.2 Å². The van der Waals surface area contributed by atoms with Crippen LogP contribution in [0.1, 0.15) is 0 Å². The van der Waals surface area contributed by atoms with Crippen LogP contribution in [0.2, 0.25) is 0 Å². The molecule has 0 spiro atoms. The molecule has 4 heteroatoms. The maximum absolute atomic E-state index is 6.66. The van der Waals surface area contributed by atoms with Crippen molar-refractivity contribution in [3.8, 4) is 0 Å². The van der Waals surface area contributed by atoms with Gasteiger partial charge in [0.25, 0.3) is 0 Å².